The summed E-state index contributed by atoms with van der Waals surface area (Å²) in [5.74, 6) is 11.0. The lowest BCUT2D eigenvalue weighted by Gasteiger charge is -2.34. The zero-order valence-electron chi connectivity index (χ0n) is 7.04. The van der Waals surface area contributed by atoms with Crippen LogP contribution in [0.5, 0.6) is 0 Å². The summed E-state index contributed by atoms with van der Waals surface area (Å²) in [7, 11) is 0. The first-order chi connectivity index (χ1) is 5.04. The van der Waals surface area contributed by atoms with Gasteiger partial charge in [0.2, 0.25) is 0 Å². The number of allylic oxidation sites excluding steroid dienone is 2. The van der Waals surface area contributed by atoms with E-state index in [4.69, 9.17) is 11.7 Å². The van der Waals surface area contributed by atoms with E-state index >= 15 is 0 Å². The van der Waals surface area contributed by atoms with Gasteiger partial charge in [-0.15, -0.1) is 0 Å². The quantitative estimate of drug-likeness (QED) is 0.430. The maximum absolute atomic E-state index is 5.50. The summed E-state index contributed by atoms with van der Waals surface area (Å²) in [6.45, 7) is 4.09. The molecule has 4 N–H and O–H groups in total. The minimum absolute atomic E-state index is 0.209. The first kappa shape index (κ1) is 8.46. The highest BCUT2D eigenvalue weighted by molar-refractivity contribution is 5.24. The zero-order valence-corrected chi connectivity index (χ0v) is 7.04. The summed E-state index contributed by atoms with van der Waals surface area (Å²) in [6, 6.07) is 0. The molecule has 0 fully saturated rings. The monoisotopic (exact) mass is 153 g/mol. The van der Waals surface area contributed by atoms with Crippen molar-refractivity contribution < 1.29 is 0 Å². The normalized spacial score (nSPS) is 30.8. The molecule has 0 bridgehead atoms. The molecule has 11 heavy (non-hydrogen) atoms. The Hall–Kier alpha value is -0.640. The van der Waals surface area contributed by atoms with Crippen LogP contribution in [0.15, 0.2) is 23.8 Å². The SMILES string of the molecule is CC1=CC=CC(C)(N(N)N)C1. The Morgan fingerprint density at radius 1 is 1.55 bits per heavy atom. The van der Waals surface area contributed by atoms with Gasteiger partial charge in [0.05, 0.1) is 5.54 Å². The number of hydrogen-bond donors (Lipinski definition) is 2. The van der Waals surface area contributed by atoms with Gasteiger partial charge in [0.15, 0.2) is 0 Å². The Labute approximate surface area is 67.3 Å². The number of rotatable bonds is 1. The molecule has 3 heteroatoms. The van der Waals surface area contributed by atoms with Crippen LogP contribution < -0.4 is 11.7 Å². The second-order valence-corrected chi connectivity index (χ2v) is 3.31. The molecule has 1 unspecified atom stereocenters. The highest BCUT2D eigenvalue weighted by Crippen LogP contribution is 2.24. The van der Waals surface area contributed by atoms with Crippen molar-refractivity contribution in [2.75, 3.05) is 0 Å². The molecule has 0 amide bonds. The predicted octanol–water partition coefficient (Wildman–Crippen LogP) is 0.701. The molecule has 0 spiro atoms. The number of nitrogens with two attached hydrogens (primary N) is 2. The topological polar surface area (TPSA) is 55.3 Å². The van der Waals surface area contributed by atoms with Crippen LogP contribution in [0.2, 0.25) is 0 Å². The van der Waals surface area contributed by atoms with E-state index in [9.17, 15) is 0 Å². The van der Waals surface area contributed by atoms with Crippen molar-refractivity contribution in [3.8, 4) is 0 Å². The highest BCUT2D eigenvalue weighted by Gasteiger charge is 2.26. The van der Waals surface area contributed by atoms with Gasteiger partial charge in [0.1, 0.15) is 0 Å². The summed E-state index contributed by atoms with van der Waals surface area (Å²) in [5.41, 5.74) is 1.09. The van der Waals surface area contributed by atoms with Crippen LogP contribution in [0.3, 0.4) is 0 Å². The van der Waals surface area contributed by atoms with E-state index in [2.05, 4.69) is 13.0 Å². The molecule has 0 radical (unpaired) electrons. The molecule has 1 aliphatic rings. The van der Waals surface area contributed by atoms with Gasteiger partial charge < -0.3 is 0 Å². The molecule has 62 valence electrons. The lowest BCUT2D eigenvalue weighted by atomic mass is 9.89. The lowest BCUT2D eigenvalue weighted by Crippen LogP contribution is -2.54. The van der Waals surface area contributed by atoms with Crippen molar-refractivity contribution in [1.82, 2.24) is 5.12 Å². The molecule has 0 saturated carbocycles. The fourth-order valence-corrected chi connectivity index (χ4v) is 1.28. The summed E-state index contributed by atoms with van der Waals surface area (Å²) in [4.78, 5) is 0. The fraction of sp³-hybridized carbons (Fsp3) is 0.500. The van der Waals surface area contributed by atoms with Gasteiger partial charge in [0, 0.05) is 0 Å². The smallest absolute Gasteiger partial charge is 0.0696 e. The second-order valence-electron chi connectivity index (χ2n) is 3.31. The Morgan fingerprint density at radius 2 is 2.18 bits per heavy atom. The first-order valence-corrected chi connectivity index (χ1v) is 3.69. The van der Waals surface area contributed by atoms with E-state index in [-0.39, 0.29) is 5.54 Å². The third-order valence-corrected chi connectivity index (χ3v) is 2.06. The average molecular weight is 153 g/mol. The van der Waals surface area contributed by atoms with Crippen LogP contribution in [0.25, 0.3) is 0 Å². The summed E-state index contributed by atoms with van der Waals surface area (Å²) in [5, 5.41) is 1.26. The van der Waals surface area contributed by atoms with Crippen LogP contribution in [0.4, 0.5) is 0 Å². The van der Waals surface area contributed by atoms with E-state index in [0.29, 0.717) is 0 Å². The lowest BCUT2D eigenvalue weighted by molar-refractivity contribution is 0.148. The van der Waals surface area contributed by atoms with Crippen molar-refractivity contribution in [2.24, 2.45) is 11.7 Å². The van der Waals surface area contributed by atoms with Gasteiger partial charge in [-0.25, -0.2) is 0 Å². The Bertz CT molecular complexity index is 205. The van der Waals surface area contributed by atoms with E-state index in [1.807, 2.05) is 19.1 Å². The van der Waals surface area contributed by atoms with Gasteiger partial charge >= 0.3 is 0 Å². The zero-order chi connectivity index (χ0) is 8.48. The van der Waals surface area contributed by atoms with Gasteiger partial charge in [-0.1, -0.05) is 23.8 Å². The average Bonchev–Trinajstić information content (AvgIpc) is 1.86. The summed E-state index contributed by atoms with van der Waals surface area (Å²) < 4.78 is 0. The molecule has 0 aromatic heterocycles. The van der Waals surface area contributed by atoms with Crippen molar-refractivity contribution >= 4 is 0 Å². The van der Waals surface area contributed by atoms with E-state index < -0.39 is 0 Å². The molecular weight excluding hydrogens is 138 g/mol. The summed E-state index contributed by atoms with van der Waals surface area (Å²) in [6.07, 6.45) is 6.98. The van der Waals surface area contributed by atoms with Crippen LogP contribution in [-0.2, 0) is 0 Å². The van der Waals surface area contributed by atoms with Gasteiger partial charge in [-0.3, -0.25) is 11.7 Å². The standard InChI is InChI=1S/C8H15N3/c1-7-4-3-5-8(2,6-7)11(9)10/h3-5H,6,9-10H2,1-2H3. The molecule has 1 aliphatic carbocycles. The first-order valence-electron chi connectivity index (χ1n) is 3.69. The third-order valence-electron chi connectivity index (χ3n) is 2.06. The van der Waals surface area contributed by atoms with Gasteiger partial charge in [-0.05, 0) is 20.3 Å². The molecule has 0 aliphatic heterocycles. The summed E-state index contributed by atoms with van der Waals surface area (Å²) >= 11 is 0. The van der Waals surface area contributed by atoms with E-state index in [0.717, 1.165) is 6.42 Å². The largest absolute Gasteiger partial charge is 0.254 e. The van der Waals surface area contributed by atoms with Crippen LogP contribution in [-0.4, -0.2) is 10.7 Å². The predicted molar refractivity (Wildman–Crippen MR) is 46.1 cm³/mol. The second kappa shape index (κ2) is 2.77. The Kier molecular flexibility index (Phi) is 2.13. The maximum Gasteiger partial charge on any atom is 0.0696 e. The molecule has 1 rings (SSSR count). The van der Waals surface area contributed by atoms with Crippen molar-refractivity contribution in [3.05, 3.63) is 23.8 Å². The number of nitrogens with zero attached hydrogens (tertiary/aromatic N) is 1. The van der Waals surface area contributed by atoms with E-state index in [1.54, 1.807) is 0 Å². The molecular formula is C8H15N3. The molecule has 0 heterocycles. The maximum atomic E-state index is 5.50. The van der Waals surface area contributed by atoms with E-state index in [1.165, 1.54) is 10.7 Å². The Balaban J connectivity index is 2.78. The van der Waals surface area contributed by atoms with Crippen molar-refractivity contribution in [1.29, 1.82) is 0 Å². The van der Waals surface area contributed by atoms with Crippen molar-refractivity contribution in [2.45, 2.75) is 25.8 Å². The molecule has 1 atom stereocenters. The fourth-order valence-electron chi connectivity index (χ4n) is 1.28. The highest BCUT2D eigenvalue weighted by atomic mass is 15.6. The number of hydrazine groups is 2. The molecule has 0 aromatic carbocycles. The van der Waals surface area contributed by atoms with Gasteiger partial charge in [-0.2, -0.15) is 5.12 Å². The van der Waals surface area contributed by atoms with Crippen LogP contribution in [0, 0.1) is 0 Å². The molecule has 0 aromatic rings. The minimum atomic E-state index is -0.209. The molecule has 3 nitrogen and oxygen atoms in total. The Morgan fingerprint density at radius 3 is 2.55 bits per heavy atom. The van der Waals surface area contributed by atoms with Crippen molar-refractivity contribution in [3.63, 3.8) is 0 Å². The molecule has 0 saturated heterocycles. The van der Waals surface area contributed by atoms with Crippen LogP contribution in [0.1, 0.15) is 20.3 Å². The third kappa shape index (κ3) is 1.68. The van der Waals surface area contributed by atoms with Gasteiger partial charge in [0.25, 0.3) is 0 Å². The van der Waals surface area contributed by atoms with Crippen LogP contribution >= 0.6 is 0 Å². The minimum Gasteiger partial charge on any atom is -0.254 e. The number of hydrogen-bond acceptors (Lipinski definition) is 3.